The van der Waals surface area contributed by atoms with Gasteiger partial charge in [0, 0.05) is 18.7 Å². The molecule has 8 heteroatoms. The molecule has 2 aromatic carbocycles. The summed E-state index contributed by atoms with van der Waals surface area (Å²) in [5.74, 6) is 1.65. The number of methoxy groups -OCH3 is 1. The fourth-order valence-corrected chi connectivity index (χ4v) is 5.09. The Kier molecular flexibility index (Phi) is 6.99. The van der Waals surface area contributed by atoms with E-state index >= 15 is 0 Å². The van der Waals surface area contributed by atoms with Crippen LogP contribution >= 0.6 is 11.8 Å². The lowest BCUT2D eigenvalue weighted by molar-refractivity contribution is -0.131. The number of amides is 1. The maximum absolute atomic E-state index is 13.7. The van der Waals surface area contributed by atoms with Crippen LogP contribution in [0.4, 0.5) is 0 Å². The van der Waals surface area contributed by atoms with Crippen LogP contribution in [-0.2, 0) is 4.79 Å². The summed E-state index contributed by atoms with van der Waals surface area (Å²) >= 11 is 1.48. The van der Waals surface area contributed by atoms with Crippen LogP contribution in [0.1, 0.15) is 38.3 Å². The standard InChI is InChI=1S/C24H29N5O2S/c1-4-15-28(16-5-2)23(30)21-20(17-11-13-19(31-3)14-12-17)27-29-22(25-26-24(29)32-21)18-9-7-6-8-10-18/h6-14,20-21,27H,4-5,15-16H2,1-3H3/t20-,21-/m1/s1. The molecule has 3 aromatic rings. The van der Waals surface area contributed by atoms with Crippen LogP contribution < -0.4 is 10.2 Å². The molecule has 7 nitrogen and oxygen atoms in total. The van der Waals surface area contributed by atoms with Crippen LogP contribution in [0.2, 0.25) is 0 Å². The van der Waals surface area contributed by atoms with Crippen LogP contribution in [-0.4, -0.2) is 51.1 Å². The molecule has 1 aliphatic heterocycles. The van der Waals surface area contributed by atoms with E-state index in [0.717, 1.165) is 48.6 Å². The highest BCUT2D eigenvalue weighted by atomic mass is 32.2. The minimum Gasteiger partial charge on any atom is -0.497 e. The molecule has 32 heavy (non-hydrogen) atoms. The van der Waals surface area contributed by atoms with E-state index < -0.39 is 0 Å². The number of hydrogen-bond acceptors (Lipinski definition) is 6. The van der Waals surface area contributed by atoms with E-state index in [1.165, 1.54) is 11.8 Å². The van der Waals surface area contributed by atoms with E-state index in [2.05, 4.69) is 29.5 Å². The first-order valence-corrected chi connectivity index (χ1v) is 11.9. The number of benzene rings is 2. The largest absolute Gasteiger partial charge is 0.497 e. The molecule has 4 rings (SSSR count). The SMILES string of the molecule is CCCN(CCC)C(=O)[C@@H]1Sc2nnc(-c3ccccc3)n2N[C@@H]1c1ccc(OC)cc1. The van der Waals surface area contributed by atoms with Gasteiger partial charge >= 0.3 is 0 Å². The van der Waals surface area contributed by atoms with E-state index in [9.17, 15) is 4.79 Å². The Hall–Kier alpha value is -3.00. The van der Waals surface area contributed by atoms with Gasteiger partial charge in [-0.1, -0.05) is 68.1 Å². The molecular weight excluding hydrogens is 422 g/mol. The number of fused-ring (bicyclic) bond motifs is 1. The van der Waals surface area contributed by atoms with Crippen molar-refractivity contribution in [1.82, 2.24) is 19.8 Å². The quantitative estimate of drug-likeness (QED) is 0.549. The zero-order valence-electron chi connectivity index (χ0n) is 18.7. The summed E-state index contributed by atoms with van der Waals surface area (Å²) in [6.45, 7) is 5.71. The van der Waals surface area contributed by atoms with Crippen molar-refractivity contribution in [3.05, 3.63) is 60.2 Å². The first-order chi connectivity index (χ1) is 15.7. The van der Waals surface area contributed by atoms with E-state index in [0.29, 0.717) is 5.16 Å². The molecule has 168 valence electrons. The van der Waals surface area contributed by atoms with Crippen molar-refractivity contribution < 1.29 is 9.53 Å². The predicted molar refractivity (Wildman–Crippen MR) is 127 cm³/mol. The number of aromatic nitrogens is 3. The molecular formula is C24H29N5O2S. The van der Waals surface area contributed by atoms with Crippen molar-refractivity contribution in [2.24, 2.45) is 0 Å². The van der Waals surface area contributed by atoms with Gasteiger partial charge in [0.2, 0.25) is 11.1 Å². The van der Waals surface area contributed by atoms with Gasteiger partial charge in [-0.2, -0.15) is 0 Å². The Morgan fingerprint density at radius 3 is 2.38 bits per heavy atom. The number of thioether (sulfide) groups is 1. The van der Waals surface area contributed by atoms with Crippen molar-refractivity contribution in [3.63, 3.8) is 0 Å². The van der Waals surface area contributed by atoms with Gasteiger partial charge in [-0.25, -0.2) is 4.68 Å². The molecule has 2 heterocycles. The van der Waals surface area contributed by atoms with Crippen LogP contribution in [0, 0.1) is 0 Å². The lowest BCUT2D eigenvalue weighted by atomic mass is 10.0. The highest BCUT2D eigenvalue weighted by Crippen LogP contribution is 2.39. The second kappa shape index (κ2) is 10.1. The van der Waals surface area contributed by atoms with Gasteiger partial charge in [-0.05, 0) is 30.5 Å². The van der Waals surface area contributed by atoms with E-state index in [-0.39, 0.29) is 17.2 Å². The van der Waals surface area contributed by atoms with Crippen molar-refractivity contribution >= 4 is 17.7 Å². The summed E-state index contributed by atoms with van der Waals surface area (Å²) in [6.07, 6.45) is 1.86. The molecule has 0 saturated heterocycles. The molecule has 0 spiro atoms. The Bertz CT molecular complexity index is 1030. The maximum Gasteiger partial charge on any atom is 0.238 e. The van der Waals surface area contributed by atoms with Gasteiger partial charge in [0.15, 0.2) is 5.82 Å². The minimum atomic E-state index is -0.346. The number of nitrogens with zero attached hydrogens (tertiary/aromatic N) is 4. The zero-order chi connectivity index (χ0) is 22.5. The molecule has 2 atom stereocenters. The highest BCUT2D eigenvalue weighted by Gasteiger charge is 2.39. The third kappa shape index (κ3) is 4.46. The van der Waals surface area contributed by atoms with Crippen LogP contribution in [0.15, 0.2) is 59.8 Å². The first-order valence-electron chi connectivity index (χ1n) is 11.0. The molecule has 1 N–H and O–H groups in total. The summed E-state index contributed by atoms with van der Waals surface area (Å²) in [4.78, 5) is 15.6. The number of rotatable bonds is 8. The third-order valence-electron chi connectivity index (χ3n) is 5.49. The average Bonchev–Trinajstić information content (AvgIpc) is 3.26. The van der Waals surface area contributed by atoms with Gasteiger partial charge in [-0.3, -0.25) is 4.79 Å². The van der Waals surface area contributed by atoms with E-state index in [1.54, 1.807) is 7.11 Å². The molecule has 0 aliphatic carbocycles. The van der Waals surface area contributed by atoms with Crippen molar-refractivity contribution in [1.29, 1.82) is 0 Å². The topological polar surface area (TPSA) is 72.3 Å². The second-order valence-corrected chi connectivity index (χ2v) is 8.86. The molecule has 1 amide bonds. The van der Waals surface area contributed by atoms with Crippen LogP contribution in [0.5, 0.6) is 5.75 Å². The summed E-state index contributed by atoms with van der Waals surface area (Å²) in [7, 11) is 1.65. The maximum atomic E-state index is 13.7. The fourth-order valence-electron chi connectivity index (χ4n) is 3.93. The molecule has 1 aromatic heterocycles. The first kappa shape index (κ1) is 22.2. The monoisotopic (exact) mass is 451 g/mol. The Balaban J connectivity index is 1.73. The number of carbonyl (C=O) groups is 1. The minimum absolute atomic E-state index is 0.127. The van der Waals surface area contributed by atoms with Crippen molar-refractivity contribution in [3.8, 4) is 17.1 Å². The fraction of sp³-hybridized carbons (Fsp3) is 0.375. The normalized spacial score (nSPS) is 17.3. The van der Waals surface area contributed by atoms with E-state index in [4.69, 9.17) is 4.74 Å². The number of hydrogen-bond donors (Lipinski definition) is 1. The molecule has 0 bridgehead atoms. The zero-order valence-corrected chi connectivity index (χ0v) is 19.5. The third-order valence-corrected chi connectivity index (χ3v) is 6.69. The molecule has 0 saturated carbocycles. The van der Waals surface area contributed by atoms with Gasteiger partial charge in [0.05, 0.1) is 13.2 Å². The molecule has 0 unspecified atom stereocenters. The summed E-state index contributed by atoms with van der Waals surface area (Å²) in [5.41, 5.74) is 5.54. The highest BCUT2D eigenvalue weighted by molar-refractivity contribution is 8.00. The smallest absolute Gasteiger partial charge is 0.238 e. The Morgan fingerprint density at radius 1 is 1.06 bits per heavy atom. The predicted octanol–water partition coefficient (Wildman–Crippen LogP) is 4.36. The number of carbonyl (C=O) groups excluding carboxylic acids is 1. The molecule has 0 fully saturated rings. The summed E-state index contributed by atoms with van der Waals surface area (Å²) < 4.78 is 7.23. The van der Waals surface area contributed by atoms with Gasteiger partial charge in [0.1, 0.15) is 11.0 Å². The lowest BCUT2D eigenvalue weighted by Crippen LogP contribution is -2.46. The van der Waals surface area contributed by atoms with Crippen molar-refractivity contribution in [2.75, 3.05) is 25.6 Å². The van der Waals surface area contributed by atoms with Gasteiger partial charge in [0.25, 0.3) is 0 Å². The number of nitrogens with one attached hydrogen (secondary N) is 1. The van der Waals surface area contributed by atoms with Crippen LogP contribution in [0.25, 0.3) is 11.4 Å². The van der Waals surface area contributed by atoms with E-state index in [1.807, 2.05) is 64.2 Å². The Morgan fingerprint density at radius 2 is 1.75 bits per heavy atom. The van der Waals surface area contributed by atoms with Crippen molar-refractivity contribution in [2.45, 2.75) is 43.1 Å². The van der Waals surface area contributed by atoms with Crippen LogP contribution in [0.3, 0.4) is 0 Å². The average molecular weight is 452 g/mol. The number of ether oxygens (including phenoxy) is 1. The lowest BCUT2D eigenvalue weighted by Gasteiger charge is -2.36. The Labute approximate surface area is 193 Å². The molecule has 1 aliphatic rings. The summed E-state index contributed by atoms with van der Waals surface area (Å²) in [5, 5.41) is 9.16. The van der Waals surface area contributed by atoms with Gasteiger partial charge in [-0.15, -0.1) is 10.2 Å². The summed E-state index contributed by atoms with van der Waals surface area (Å²) in [6, 6.07) is 17.6. The second-order valence-electron chi connectivity index (χ2n) is 7.75. The van der Waals surface area contributed by atoms with Gasteiger partial charge < -0.3 is 15.1 Å². The molecule has 0 radical (unpaired) electrons.